The van der Waals surface area contributed by atoms with E-state index in [2.05, 4.69) is 17.0 Å². The monoisotopic (exact) mass is 202 g/mol. The van der Waals surface area contributed by atoms with Gasteiger partial charge >= 0.3 is 0 Å². The Kier molecular flexibility index (Phi) is 2.41. The van der Waals surface area contributed by atoms with Crippen molar-refractivity contribution in [3.63, 3.8) is 0 Å². The second-order valence-corrected chi connectivity index (χ2v) is 3.45. The van der Waals surface area contributed by atoms with Crippen LogP contribution in [-0.4, -0.2) is 14.8 Å². The molecule has 0 amide bonds. The largest absolute Gasteiger partial charge is 0.383 e. The Bertz CT molecular complexity index is 473. The van der Waals surface area contributed by atoms with Crippen LogP contribution >= 0.6 is 0 Å². The van der Waals surface area contributed by atoms with Gasteiger partial charge in [-0.15, -0.1) is 0 Å². The molecule has 4 nitrogen and oxygen atoms in total. The zero-order chi connectivity index (χ0) is 10.8. The number of nitrogens with zero attached hydrogens (tertiary/aromatic N) is 3. The molecule has 0 aromatic carbocycles. The molecule has 2 heterocycles. The predicted molar refractivity (Wildman–Crippen MR) is 60.2 cm³/mol. The molecule has 0 saturated heterocycles. The predicted octanol–water partition coefficient (Wildman–Crippen LogP) is 1.63. The second-order valence-electron chi connectivity index (χ2n) is 3.45. The van der Waals surface area contributed by atoms with Gasteiger partial charge in [0.25, 0.3) is 0 Å². The average Bonchev–Trinajstić information content (AvgIpc) is 2.60. The van der Waals surface area contributed by atoms with Gasteiger partial charge in [0.1, 0.15) is 5.82 Å². The van der Waals surface area contributed by atoms with E-state index in [-0.39, 0.29) is 0 Å². The summed E-state index contributed by atoms with van der Waals surface area (Å²) in [6.45, 7) is 2.08. The standard InChI is InChI=1S/C11H14N4/c1-3-10-9(7-15(2)14-10)8-5-4-6-13-11(8)12/h4-7H,3H2,1-2H3,(H2,12,13). The van der Waals surface area contributed by atoms with Gasteiger partial charge in [0, 0.05) is 30.6 Å². The Hall–Kier alpha value is -1.84. The summed E-state index contributed by atoms with van der Waals surface area (Å²) < 4.78 is 1.81. The first kappa shape index (κ1) is 9.71. The van der Waals surface area contributed by atoms with Crippen molar-refractivity contribution >= 4 is 5.82 Å². The Morgan fingerprint density at radius 2 is 2.20 bits per heavy atom. The van der Waals surface area contributed by atoms with Gasteiger partial charge in [-0.2, -0.15) is 5.10 Å². The molecule has 0 aliphatic rings. The van der Waals surface area contributed by atoms with Gasteiger partial charge in [-0.1, -0.05) is 6.92 Å². The van der Waals surface area contributed by atoms with Crippen LogP contribution in [0.25, 0.3) is 11.1 Å². The molecule has 2 aromatic heterocycles. The quantitative estimate of drug-likeness (QED) is 0.805. The smallest absolute Gasteiger partial charge is 0.131 e. The molecular weight excluding hydrogens is 188 g/mol. The fourth-order valence-corrected chi connectivity index (χ4v) is 1.67. The van der Waals surface area contributed by atoms with E-state index in [0.29, 0.717) is 5.82 Å². The molecule has 0 aliphatic heterocycles. The highest BCUT2D eigenvalue weighted by Gasteiger charge is 2.10. The van der Waals surface area contributed by atoms with E-state index in [4.69, 9.17) is 5.73 Å². The number of pyridine rings is 1. The molecule has 0 unspecified atom stereocenters. The molecule has 0 spiro atoms. The zero-order valence-corrected chi connectivity index (χ0v) is 8.94. The van der Waals surface area contributed by atoms with Crippen LogP contribution in [0.4, 0.5) is 5.82 Å². The first-order valence-electron chi connectivity index (χ1n) is 4.95. The van der Waals surface area contributed by atoms with E-state index in [1.54, 1.807) is 10.9 Å². The van der Waals surface area contributed by atoms with Crippen molar-refractivity contribution in [1.82, 2.24) is 14.8 Å². The third-order valence-electron chi connectivity index (χ3n) is 2.37. The molecule has 2 N–H and O–H groups in total. The van der Waals surface area contributed by atoms with Gasteiger partial charge in [0.05, 0.1) is 5.69 Å². The van der Waals surface area contributed by atoms with Crippen LogP contribution < -0.4 is 5.73 Å². The van der Waals surface area contributed by atoms with Crippen LogP contribution in [0.1, 0.15) is 12.6 Å². The van der Waals surface area contributed by atoms with Gasteiger partial charge in [-0.3, -0.25) is 4.68 Å². The third kappa shape index (κ3) is 1.70. The van der Waals surface area contributed by atoms with E-state index in [1.807, 2.05) is 25.4 Å². The fraction of sp³-hybridized carbons (Fsp3) is 0.273. The maximum atomic E-state index is 5.84. The molecule has 2 rings (SSSR count). The van der Waals surface area contributed by atoms with Gasteiger partial charge in [-0.25, -0.2) is 4.98 Å². The maximum absolute atomic E-state index is 5.84. The summed E-state index contributed by atoms with van der Waals surface area (Å²) in [6.07, 6.45) is 4.57. The molecule has 2 aromatic rings. The van der Waals surface area contributed by atoms with E-state index in [9.17, 15) is 0 Å². The van der Waals surface area contributed by atoms with Crippen LogP contribution in [-0.2, 0) is 13.5 Å². The van der Waals surface area contributed by atoms with Crippen molar-refractivity contribution in [2.45, 2.75) is 13.3 Å². The summed E-state index contributed by atoms with van der Waals surface area (Å²) >= 11 is 0. The lowest BCUT2D eigenvalue weighted by atomic mass is 10.1. The minimum absolute atomic E-state index is 0.556. The Morgan fingerprint density at radius 3 is 2.87 bits per heavy atom. The van der Waals surface area contributed by atoms with Crippen LogP contribution in [0.5, 0.6) is 0 Å². The fourth-order valence-electron chi connectivity index (χ4n) is 1.67. The van der Waals surface area contributed by atoms with Crippen molar-refractivity contribution in [2.75, 3.05) is 5.73 Å². The Morgan fingerprint density at radius 1 is 1.40 bits per heavy atom. The number of aryl methyl sites for hydroxylation is 2. The second kappa shape index (κ2) is 3.73. The van der Waals surface area contributed by atoms with Crippen molar-refractivity contribution in [3.8, 4) is 11.1 Å². The van der Waals surface area contributed by atoms with Gasteiger partial charge < -0.3 is 5.73 Å². The summed E-state index contributed by atoms with van der Waals surface area (Å²) in [5.74, 6) is 0.556. The lowest BCUT2D eigenvalue weighted by Crippen LogP contribution is -1.94. The number of nitrogen functional groups attached to an aromatic ring is 1. The minimum Gasteiger partial charge on any atom is -0.383 e. The van der Waals surface area contributed by atoms with Crippen LogP contribution in [0.2, 0.25) is 0 Å². The lowest BCUT2D eigenvalue weighted by molar-refractivity contribution is 0.746. The molecule has 0 atom stereocenters. The highest BCUT2D eigenvalue weighted by molar-refractivity contribution is 5.74. The molecule has 4 heteroatoms. The molecule has 0 fully saturated rings. The topological polar surface area (TPSA) is 56.7 Å². The number of nitrogens with two attached hydrogens (primary N) is 1. The summed E-state index contributed by atoms with van der Waals surface area (Å²) in [7, 11) is 1.91. The maximum Gasteiger partial charge on any atom is 0.131 e. The van der Waals surface area contributed by atoms with Crippen molar-refractivity contribution < 1.29 is 0 Å². The normalized spacial score (nSPS) is 10.5. The summed E-state index contributed by atoms with van der Waals surface area (Å²) in [6, 6.07) is 3.86. The first-order valence-corrected chi connectivity index (χ1v) is 4.95. The van der Waals surface area contributed by atoms with Crippen LogP contribution in [0.3, 0.4) is 0 Å². The number of hydrogen-bond acceptors (Lipinski definition) is 3. The number of aromatic nitrogens is 3. The van der Waals surface area contributed by atoms with Gasteiger partial charge in [-0.05, 0) is 18.6 Å². The van der Waals surface area contributed by atoms with Crippen LogP contribution in [0, 0.1) is 0 Å². The summed E-state index contributed by atoms with van der Waals surface area (Å²) in [5, 5.41) is 4.38. The van der Waals surface area contributed by atoms with Crippen molar-refractivity contribution in [1.29, 1.82) is 0 Å². The summed E-state index contributed by atoms with van der Waals surface area (Å²) in [4.78, 5) is 4.08. The third-order valence-corrected chi connectivity index (χ3v) is 2.37. The highest BCUT2D eigenvalue weighted by Crippen LogP contribution is 2.26. The average molecular weight is 202 g/mol. The van der Waals surface area contributed by atoms with Gasteiger partial charge in [0.2, 0.25) is 0 Å². The van der Waals surface area contributed by atoms with Crippen LogP contribution in [0.15, 0.2) is 24.5 Å². The molecule has 0 saturated carbocycles. The van der Waals surface area contributed by atoms with Gasteiger partial charge in [0.15, 0.2) is 0 Å². The Balaban J connectivity index is 2.58. The lowest BCUT2D eigenvalue weighted by Gasteiger charge is -2.02. The molecule has 78 valence electrons. The van der Waals surface area contributed by atoms with Crippen molar-refractivity contribution in [2.24, 2.45) is 7.05 Å². The van der Waals surface area contributed by atoms with E-state index >= 15 is 0 Å². The van der Waals surface area contributed by atoms with E-state index in [1.165, 1.54) is 0 Å². The number of anilines is 1. The molecule has 0 radical (unpaired) electrons. The highest BCUT2D eigenvalue weighted by atomic mass is 15.2. The number of hydrogen-bond donors (Lipinski definition) is 1. The summed E-state index contributed by atoms with van der Waals surface area (Å²) in [5.41, 5.74) is 8.93. The number of rotatable bonds is 2. The zero-order valence-electron chi connectivity index (χ0n) is 8.94. The molecule has 15 heavy (non-hydrogen) atoms. The molecular formula is C11H14N4. The molecule has 0 bridgehead atoms. The van der Waals surface area contributed by atoms with E-state index < -0.39 is 0 Å². The SMILES string of the molecule is CCc1nn(C)cc1-c1cccnc1N. The Labute approximate surface area is 88.8 Å². The van der Waals surface area contributed by atoms with Crippen molar-refractivity contribution in [3.05, 3.63) is 30.2 Å². The molecule has 0 aliphatic carbocycles. The minimum atomic E-state index is 0.556. The first-order chi connectivity index (χ1) is 7.22. The van der Waals surface area contributed by atoms with E-state index in [0.717, 1.165) is 23.2 Å².